The van der Waals surface area contributed by atoms with Crippen molar-refractivity contribution in [3.63, 3.8) is 0 Å². The molecule has 8 aromatic carbocycles. The summed E-state index contributed by atoms with van der Waals surface area (Å²) in [7, 11) is 2.22. The first kappa shape index (κ1) is 33.1. The van der Waals surface area contributed by atoms with E-state index in [-0.39, 0.29) is 11.6 Å². The summed E-state index contributed by atoms with van der Waals surface area (Å²) in [6.07, 6.45) is 14.9. The monoisotopic (exact) mass is 724 g/mol. The van der Waals surface area contributed by atoms with Gasteiger partial charge in [-0.2, -0.15) is 0 Å². The summed E-state index contributed by atoms with van der Waals surface area (Å²) >= 11 is 0. The van der Waals surface area contributed by atoms with Crippen molar-refractivity contribution in [2.75, 3.05) is 16.8 Å². The lowest BCUT2D eigenvalue weighted by atomic mass is 9.79. The molecule has 3 aliphatic rings. The van der Waals surface area contributed by atoms with E-state index in [0.29, 0.717) is 0 Å². The van der Waals surface area contributed by atoms with Gasteiger partial charge in [-0.15, -0.1) is 0 Å². The molecule has 3 nitrogen and oxygen atoms in total. The van der Waals surface area contributed by atoms with E-state index in [1.54, 1.807) is 0 Å². The molecule has 1 aliphatic heterocycles. The Labute approximate surface area is 328 Å². The molecular formula is C53H44N2O. The summed E-state index contributed by atoms with van der Waals surface area (Å²) in [6, 6.07) is 52.0. The zero-order valence-electron chi connectivity index (χ0n) is 32.0. The van der Waals surface area contributed by atoms with E-state index in [9.17, 15) is 0 Å². The number of aryl methyl sites for hydroxylation is 1. The molecule has 56 heavy (non-hydrogen) atoms. The fourth-order valence-electron chi connectivity index (χ4n) is 9.82. The highest BCUT2D eigenvalue weighted by molar-refractivity contribution is 6.16. The Kier molecular flexibility index (Phi) is 7.60. The van der Waals surface area contributed by atoms with Crippen LogP contribution < -0.4 is 14.5 Å². The summed E-state index contributed by atoms with van der Waals surface area (Å²) in [5, 5.41) is 10.1. The molecule has 2 aliphatic carbocycles. The zero-order chi connectivity index (χ0) is 37.4. The molecule has 3 heteroatoms. The van der Waals surface area contributed by atoms with Gasteiger partial charge in [-0.05, 0) is 141 Å². The third kappa shape index (κ3) is 5.33. The van der Waals surface area contributed by atoms with Crippen molar-refractivity contribution >= 4 is 71.9 Å². The molecular weight excluding hydrogens is 681 g/mol. The molecule has 0 bridgehead atoms. The first-order valence-electron chi connectivity index (χ1n) is 20.2. The molecule has 0 aromatic heterocycles. The third-order valence-electron chi connectivity index (χ3n) is 12.7. The molecule has 1 heterocycles. The van der Waals surface area contributed by atoms with Crippen molar-refractivity contribution in [3.05, 3.63) is 169 Å². The van der Waals surface area contributed by atoms with Crippen molar-refractivity contribution in [1.82, 2.24) is 0 Å². The Bertz CT molecular complexity index is 2920. The molecule has 0 radical (unpaired) electrons. The van der Waals surface area contributed by atoms with Crippen molar-refractivity contribution in [1.29, 1.82) is 0 Å². The minimum atomic E-state index is -0.0267. The maximum absolute atomic E-state index is 6.78. The first-order valence-corrected chi connectivity index (χ1v) is 20.2. The second-order valence-electron chi connectivity index (χ2n) is 16.3. The van der Waals surface area contributed by atoms with E-state index in [4.69, 9.17) is 4.74 Å². The molecule has 0 N–H and O–H groups in total. The fraction of sp³-hybridized carbons (Fsp3) is 0.170. The van der Waals surface area contributed by atoms with Crippen LogP contribution >= 0.6 is 0 Å². The van der Waals surface area contributed by atoms with Crippen LogP contribution in [0.25, 0.3) is 60.3 Å². The van der Waals surface area contributed by atoms with Gasteiger partial charge in [-0.3, -0.25) is 0 Å². The molecule has 0 fully saturated rings. The summed E-state index contributed by atoms with van der Waals surface area (Å²) in [5.74, 6) is 0.979. The second kappa shape index (κ2) is 12.9. The molecule has 11 rings (SSSR count). The van der Waals surface area contributed by atoms with Crippen LogP contribution in [0.5, 0.6) is 5.75 Å². The number of hydrogen-bond acceptors (Lipinski definition) is 3. The maximum atomic E-state index is 6.78. The number of allylic oxidation sites excluding steroid dienone is 2. The minimum Gasteiger partial charge on any atom is -0.467 e. The van der Waals surface area contributed by atoms with Gasteiger partial charge in [0.15, 0.2) is 6.23 Å². The van der Waals surface area contributed by atoms with Crippen LogP contribution in [0.2, 0.25) is 0 Å². The lowest BCUT2D eigenvalue weighted by Gasteiger charge is -2.38. The van der Waals surface area contributed by atoms with Crippen molar-refractivity contribution in [2.24, 2.45) is 5.41 Å². The summed E-state index contributed by atoms with van der Waals surface area (Å²) in [4.78, 5) is 4.82. The number of fused-ring (bicyclic) bond motifs is 9. The largest absolute Gasteiger partial charge is 0.467 e. The lowest BCUT2D eigenvalue weighted by Crippen LogP contribution is -2.45. The van der Waals surface area contributed by atoms with Gasteiger partial charge in [0.1, 0.15) is 5.75 Å². The van der Waals surface area contributed by atoms with Gasteiger partial charge in [-0.1, -0.05) is 122 Å². The van der Waals surface area contributed by atoms with Gasteiger partial charge in [0, 0.05) is 34.9 Å². The third-order valence-corrected chi connectivity index (χ3v) is 12.7. The fourth-order valence-corrected chi connectivity index (χ4v) is 9.82. The van der Waals surface area contributed by atoms with Gasteiger partial charge >= 0.3 is 0 Å². The maximum Gasteiger partial charge on any atom is 0.181 e. The van der Waals surface area contributed by atoms with E-state index in [1.807, 2.05) is 0 Å². The zero-order valence-corrected chi connectivity index (χ0v) is 32.0. The highest BCUT2D eigenvalue weighted by atomic mass is 16.5. The normalized spacial score (nSPS) is 18.8. The average Bonchev–Trinajstić information content (AvgIpc) is 3.60. The molecule has 272 valence electrons. The Morgan fingerprint density at radius 1 is 0.625 bits per heavy atom. The Morgan fingerprint density at radius 2 is 1.34 bits per heavy atom. The highest BCUT2D eigenvalue weighted by Gasteiger charge is 2.43. The predicted octanol–water partition coefficient (Wildman–Crippen LogP) is 14.3. The van der Waals surface area contributed by atoms with Crippen LogP contribution in [0.4, 0.5) is 22.7 Å². The van der Waals surface area contributed by atoms with Crippen molar-refractivity contribution in [2.45, 2.75) is 45.3 Å². The first-order chi connectivity index (χ1) is 27.5. The van der Waals surface area contributed by atoms with Gasteiger partial charge in [0.25, 0.3) is 0 Å². The van der Waals surface area contributed by atoms with Crippen LogP contribution in [-0.4, -0.2) is 13.3 Å². The van der Waals surface area contributed by atoms with Gasteiger partial charge in [0.05, 0.1) is 5.69 Å². The summed E-state index contributed by atoms with van der Waals surface area (Å²) in [6.45, 7) is 2.35. The smallest absolute Gasteiger partial charge is 0.181 e. The van der Waals surface area contributed by atoms with E-state index in [1.165, 1.54) is 83.1 Å². The van der Waals surface area contributed by atoms with Crippen molar-refractivity contribution < 1.29 is 4.74 Å². The highest BCUT2D eigenvalue weighted by Crippen LogP contribution is 2.50. The van der Waals surface area contributed by atoms with Crippen LogP contribution in [0.15, 0.2) is 158 Å². The van der Waals surface area contributed by atoms with Crippen LogP contribution in [0.3, 0.4) is 0 Å². The van der Waals surface area contributed by atoms with Crippen molar-refractivity contribution in [3.8, 4) is 16.9 Å². The predicted molar refractivity (Wildman–Crippen MR) is 238 cm³/mol. The SMILES string of the molecule is CN1c2c(ccc3ccc4ccc(-c5ccc(N(c6ccc7c(c6)CCC=C7)c6ccc7c(ccc8ccccc87)c6)cc5)cc4c23)OC1C1(C)C=CCCC1. The topological polar surface area (TPSA) is 15.7 Å². The Morgan fingerprint density at radius 3 is 2.21 bits per heavy atom. The number of ether oxygens (including phenoxy) is 1. The van der Waals surface area contributed by atoms with E-state index in [0.717, 1.165) is 42.8 Å². The quantitative estimate of drug-likeness (QED) is 0.130. The molecule has 8 aromatic rings. The van der Waals surface area contributed by atoms with E-state index >= 15 is 0 Å². The van der Waals surface area contributed by atoms with Gasteiger partial charge < -0.3 is 14.5 Å². The minimum absolute atomic E-state index is 0.0258. The van der Waals surface area contributed by atoms with Crippen LogP contribution in [0.1, 0.15) is 43.7 Å². The van der Waals surface area contributed by atoms with Gasteiger partial charge in [-0.25, -0.2) is 0 Å². The Balaban J connectivity index is 1.00. The molecule has 2 unspecified atom stereocenters. The molecule has 0 spiro atoms. The lowest BCUT2D eigenvalue weighted by molar-refractivity contribution is 0.102. The van der Waals surface area contributed by atoms with Gasteiger partial charge in [0.2, 0.25) is 0 Å². The second-order valence-corrected chi connectivity index (χ2v) is 16.3. The van der Waals surface area contributed by atoms with E-state index in [2.05, 4.69) is 188 Å². The Hall–Kier alpha value is -6.32. The van der Waals surface area contributed by atoms with E-state index < -0.39 is 0 Å². The number of anilines is 4. The van der Waals surface area contributed by atoms with Crippen LogP contribution in [0, 0.1) is 5.41 Å². The average molecular weight is 725 g/mol. The number of benzene rings is 8. The summed E-state index contributed by atoms with van der Waals surface area (Å²) < 4.78 is 6.78. The standard InChI is InChI=1S/C53H44N2O/c1-53(30-8-3-9-31-53)52-54(2)51-49(56-52)29-23-39-17-14-38-15-18-41(34-48(38)50(39)51)36-20-24-43(25-21-36)55(44-26-22-35-10-4-5-12-40(35)32-44)45-27-28-47-42(33-45)19-16-37-11-6-7-13-46(37)47/h4,6-8,10-11,13-30,32-34,52H,3,5,9,12,31H2,1-2H3. The van der Waals surface area contributed by atoms with Crippen LogP contribution in [-0.2, 0) is 6.42 Å². The molecule has 0 saturated carbocycles. The molecule has 0 amide bonds. The number of rotatable bonds is 5. The number of nitrogens with zero attached hydrogens (tertiary/aromatic N) is 2. The molecule has 0 saturated heterocycles. The summed E-state index contributed by atoms with van der Waals surface area (Å²) in [5.41, 5.74) is 9.77. The number of hydrogen-bond donors (Lipinski definition) is 0. The molecule has 2 atom stereocenters.